The van der Waals surface area contributed by atoms with Crippen LogP contribution in [0.15, 0.2) is 60.5 Å². The van der Waals surface area contributed by atoms with Gasteiger partial charge in [-0.05, 0) is 12.5 Å². The van der Waals surface area contributed by atoms with Crippen LogP contribution < -0.4 is 0 Å². The molecule has 0 radical (unpaired) electrons. The predicted molar refractivity (Wildman–Crippen MR) is 92.3 cm³/mol. The van der Waals surface area contributed by atoms with Crippen LogP contribution in [0.25, 0.3) is 0 Å². The fraction of sp³-hybridized carbons (Fsp3) is 0.235. The fourth-order valence-electron chi connectivity index (χ4n) is 2.34. The molecule has 0 unspecified atom stereocenters. The highest BCUT2D eigenvalue weighted by Crippen LogP contribution is 2.21. The van der Waals surface area contributed by atoms with Crippen molar-refractivity contribution in [3.8, 4) is 0 Å². The van der Waals surface area contributed by atoms with E-state index >= 15 is 0 Å². The molecule has 0 N–H and O–H groups in total. The summed E-state index contributed by atoms with van der Waals surface area (Å²) in [5, 5.41) is 9.28. The van der Waals surface area contributed by atoms with Crippen molar-refractivity contribution in [2.75, 3.05) is 0 Å². The highest BCUT2D eigenvalue weighted by molar-refractivity contribution is 7.98. The molecular weight excluding hydrogens is 306 g/mol. The third-order valence-electron chi connectivity index (χ3n) is 3.54. The van der Waals surface area contributed by atoms with Crippen molar-refractivity contribution >= 4 is 11.8 Å². The summed E-state index contributed by atoms with van der Waals surface area (Å²) in [6, 6.07) is 10.4. The number of hydrogen-bond donors (Lipinski definition) is 0. The van der Waals surface area contributed by atoms with E-state index in [1.165, 1.54) is 5.56 Å². The smallest absolute Gasteiger partial charge is 0.191 e. The Balaban J connectivity index is 1.70. The lowest BCUT2D eigenvalue weighted by Gasteiger charge is -2.08. The minimum Gasteiger partial charge on any atom is -0.330 e. The number of allylic oxidation sites excluding steroid dienone is 1. The Morgan fingerprint density at radius 2 is 2.04 bits per heavy atom. The van der Waals surface area contributed by atoms with Gasteiger partial charge in [0.05, 0.1) is 5.75 Å². The third-order valence-corrected chi connectivity index (χ3v) is 4.50. The number of nitrogens with zero attached hydrogens (tertiary/aromatic N) is 5. The Labute approximate surface area is 140 Å². The number of benzene rings is 1. The van der Waals surface area contributed by atoms with Crippen LogP contribution in [0.1, 0.15) is 17.2 Å². The van der Waals surface area contributed by atoms with Crippen molar-refractivity contribution in [3.05, 3.63) is 72.6 Å². The lowest BCUT2D eigenvalue weighted by molar-refractivity contribution is 0.701. The zero-order valence-electron chi connectivity index (χ0n) is 13.1. The Morgan fingerprint density at radius 1 is 1.22 bits per heavy atom. The highest BCUT2D eigenvalue weighted by Gasteiger charge is 2.11. The van der Waals surface area contributed by atoms with Gasteiger partial charge in [0.2, 0.25) is 0 Å². The van der Waals surface area contributed by atoms with Crippen LogP contribution in [-0.4, -0.2) is 24.3 Å². The Kier molecular flexibility index (Phi) is 4.92. The monoisotopic (exact) mass is 325 g/mol. The second-order valence-electron chi connectivity index (χ2n) is 5.17. The summed E-state index contributed by atoms with van der Waals surface area (Å²) in [6.45, 7) is 7.29. The van der Waals surface area contributed by atoms with E-state index in [1.807, 2.05) is 31.5 Å². The molecule has 0 atom stereocenters. The summed E-state index contributed by atoms with van der Waals surface area (Å²) in [4.78, 5) is 4.47. The van der Waals surface area contributed by atoms with Crippen LogP contribution in [0, 0.1) is 6.92 Å². The van der Waals surface area contributed by atoms with Crippen molar-refractivity contribution in [1.82, 2.24) is 24.3 Å². The van der Waals surface area contributed by atoms with E-state index in [2.05, 4.69) is 55.2 Å². The molecule has 118 valence electrons. The Bertz CT molecular complexity index is 775. The summed E-state index contributed by atoms with van der Waals surface area (Å²) < 4.78 is 4.23. The molecule has 1 aromatic carbocycles. The first-order chi connectivity index (χ1) is 11.3. The molecule has 0 saturated heterocycles. The third kappa shape index (κ3) is 3.71. The molecule has 0 amide bonds. The van der Waals surface area contributed by atoms with Gasteiger partial charge in [-0.3, -0.25) is 0 Å². The number of imidazole rings is 1. The minimum absolute atomic E-state index is 0.722. The Morgan fingerprint density at radius 3 is 2.83 bits per heavy atom. The van der Waals surface area contributed by atoms with Crippen LogP contribution in [0.3, 0.4) is 0 Å². The zero-order chi connectivity index (χ0) is 16.1. The van der Waals surface area contributed by atoms with Gasteiger partial charge in [-0.2, -0.15) is 0 Å². The fourth-order valence-corrected chi connectivity index (χ4v) is 3.30. The quantitative estimate of drug-likeness (QED) is 0.494. The number of aryl methyl sites for hydroxylation is 1. The summed E-state index contributed by atoms with van der Waals surface area (Å²) in [5.41, 5.74) is 1.27. The maximum absolute atomic E-state index is 4.47. The summed E-state index contributed by atoms with van der Waals surface area (Å²) >= 11 is 1.65. The lowest BCUT2D eigenvalue weighted by Crippen LogP contribution is -2.04. The van der Waals surface area contributed by atoms with E-state index < -0.39 is 0 Å². The van der Waals surface area contributed by atoms with Crippen molar-refractivity contribution in [2.24, 2.45) is 0 Å². The average molecular weight is 325 g/mol. The second kappa shape index (κ2) is 7.28. The van der Waals surface area contributed by atoms with E-state index in [9.17, 15) is 0 Å². The van der Waals surface area contributed by atoms with Gasteiger partial charge in [-0.15, -0.1) is 16.8 Å². The zero-order valence-corrected chi connectivity index (χ0v) is 13.9. The van der Waals surface area contributed by atoms with E-state index in [1.54, 1.807) is 11.8 Å². The van der Waals surface area contributed by atoms with Gasteiger partial charge >= 0.3 is 0 Å². The molecule has 5 nitrogen and oxygen atoms in total. The molecule has 0 bridgehead atoms. The van der Waals surface area contributed by atoms with Gasteiger partial charge in [-0.1, -0.05) is 48.2 Å². The summed E-state index contributed by atoms with van der Waals surface area (Å²) in [7, 11) is 0. The number of rotatable bonds is 7. The van der Waals surface area contributed by atoms with Crippen LogP contribution in [0.4, 0.5) is 0 Å². The summed E-state index contributed by atoms with van der Waals surface area (Å²) in [6.07, 6.45) is 5.72. The first-order valence-electron chi connectivity index (χ1n) is 7.45. The second-order valence-corrected chi connectivity index (χ2v) is 6.12. The molecule has 6 heteroatoms. The first-order valence-corrected chi connectivity index (χ1v) is 8.44. The number of thioether (sulfide) groups is 1. The standard InChI is InChI=1S/C17H19N5S/c1-3-10-22-14(2)19-20-17(22)23-13-16-18-9-11-21(16)12-15-7-5-4-6-8-15/h3-9,11H,1,10,12-13H2,2H3. The van der Waals surface area contributed by atoms with Crippen molar-refractivity contribution < 1.29 is 0 Å². The molecule has 3 rings (SSSR count). The van der Waals surface area contributed by atoms with Crippen LogP contribution in [-0.2, 0) is 18.8 Å². The molecule has 2 heterocycles. The number of aromatic nitrogens is 5. The van der Waals surface area contributed by atoms with E-state index in [4.69, 9.17) is 0 Å². The van der Waals surface area contributed by atoms with E-state index in [-0.39, 0.29) is 0 Å². The van der Waals surface area contributed by atoms with Crippen LogP contribution in [0.2, 0.25) is 0 Å². The maximum Gasteiger partial charge on any atom is 0.191 e. The SMILES string of the molecule is C=CCn1c(C)nnc1SCc1nccn1Cc1ccccc1. The molecule has 0 spiro atoms. The van der Waals surface area contributed by atoms with Gasteiger partial charge in [0.1, 0.15) is 11.6 Å². The maximum atomic E-state index is 4.47. The molecule has 23 heavy (non-hydrogen) atoms. The Hall–Kier alpha value is -2.34. The summed E-state index contributed by atoms with van der Waals surface area (Å²) in [5.74, 6) is 2.69. The highest BCUT2D eigenvalue weighted by atomic mass is 32.2. The van der Waals surface area contributed by atoms with Crippen molar-refractivity contribution in [2.45, 2.75) is 30.9 Å². The van der Waals surface area contributed by atoms with Gasteiger partial charge in [-0.25, -0.2) is 4.98 Å². The molecule has 0 aliphatic carbocycles. The average Bonchev–Trinajstić information content (AvgIpc) is 3.15. The molecular formula is C17H19N5S. The molecule has 0 saturated carbocycles. The normalized spacial score (nSPS) is 10.8. The van der Waals surface area contributed by atoms with Gasteiger partial charge in [0.15, 0.2) is 5.16 Å². The van der Waals surface area contributed by atoms with Gasteiger partial charge in [0, 0.05) is 25.5 Å². The molecule has 0 aliphatic rings. The minimum atomic E-state index is 0.722. The largest absolute Gasteiger partial charge is 0.330 e. The van der Waals surface area contributed by atoms with Crippen LogP contribution in [0.5, 0.6) is 0 Å². The molecule has 0 fully saturated rings. The molecule has 3 aromatic rings. The van der Waals surface area contributed by atoms with E-state index in [0.29, 0.717) is 0 Å². The van der Waals surface area contributed by atoms with Crippen LogP contribution >= 0.6 is 11.8 Å². The predicted octanol–water partition coefficient (Wildman–Crippen LogP) is 3.31. The van der Waals surface area contributed by atoms with Gasteiger partial charge in [0.25, 0.3) is 0 Å². The van der Waals surface area contributed by atoms with Gasteiger partial charge < -0.3 is 9.13 Å². The van der Waals surface area contributed by atoms with E-state index in [0.717, 1.165) is 35.6 Å². The topological polar surface area (TPSA) is 48.5 Å². The molecule has 2 aromatic heterocycles. The molecule has 0 aliphatic heterocycles. The van der Waals surface area contributed by atoms with Crippen molar-refractivity contribution in [3.63, 3.8) is 0 Å². The lowest BCUT2D eigenvalue weighted by atomic mass is 10.2. The van der Waals surface area contributed by atoms with Crippen molar-refractivity contribution in [1.29, 1.82) is 0 Å². The first kappa shape index (κ1) is 15.6. The number of hydrogen-bond acceptors (Lipinski definition) is 4.